The molecule has 2 rings (SSSR count). The van der Waals surface area contributed by atoms with Gasteiger partial charge in [0.15, 0.2) is 0 Å². The number of hydrogen-bond donors (Lipinski definition) is 0. The Morgan fingerprint density at radius 3 is 2.56 bits per heavy atom. The van der Waals surface area contributed by atoms with Crippen LogP contribution >= 0.6 is 0 Å². The van der Waals surface area contributed by atoms with Gasteiger partial charge in [0.05, 0.1) is 0 Å². The number of Topliss-reactive ketones (excluding diaryl/α,β-unsaturated/α-hetero) is 1. The molecule has 4 atom stereocenters. The summed E-state index contributed by atoms with van der Waals surface area (Å²) in [7, 11) is 0. The Labute approximate surface area is 152 Å². The minimum Gasteiger partial charge on any atom is -0.458 e. The first-order chi connectivity index (χ1) is 11.6. The van der Waals surface area contributed by atoms with Crippen molar-refractivity contribution in [2.75, 3.05) is 0 Å². The number of carbonyl (C=O) groups excluding carboxylic acids is 2. The van der Waals surface area contributed by atoms with Crippen molar-refractivity contribution in [2.45, 2.75) is 72.8 Å². The Kier molecular flexibility index (Phi) is 6.08. The summed E-state index contributed by atoms with van der Waals surface area (Å²) < 4.78 is 5.52. The Bertz CT molecular complexity index is 625. The van der Waals surface area contributed by atoms with Crippen molar-refractivity contribution >= 4 is 11.8 Å². The Hall–Kier alpha value is -1.64. The lowest BCUT2D eigenvalue weighted by Crippen LogP contribution is -2.30. The molecular formula is C22H32O3. The van der Waals surface area contributed by atoms with Gasteiger partial charge >= 0.3 is 5.97 Å². The third-order valence-electron chi connectivity index (χ3n) is 6.16. The highest BCUT2D eigenvalue weighted by Gasteiger charge is 2.50. The van der Waals surface area contributed by atoms with Gasteiger partial charge in [-0.05, 0) is 63.9 Å². The van der Waals surface area contributed by atoms with Crippen LogP contribution in [0.5, 0.6) is 0 Å². The molecule has 3 heteroatoms. The molecule has 0 aromatic rings. The summed E-state index contributed by atoms with van der Waals surface area (Å²) in [6.45, 7) is 13.9. The van der Waals surface area contributed by atoms with E-state index in [1.807, 2.05) is 13.8 Å². The molecule has 25 heavy (non-hydrogen) atoms. The highest BCUT2D eigenvalue weighted by molar-refractivity contribution is 5.88. The van der Waals surface area contributed by atoms with Crippen molar-refractivity contribution in [3.05, 3.63) is 35.5 Å². The molecule has 2 aliphatic carbocycles. The number of esters is 1. The van der Waals surface area contributed by atoms with Gasteiger partial charge in [-0.15, -0.1) is 0 Å². The predicted molar refractivity (Wildman–Crippen MR) is 101 cm³/mol. The fraction of sp³-hybridized carbons (Fsp3) is 0.636. The summed E-state index contributed by atoms with van der Waals surface area (Å²) >= 11 is 0. The average molecular weight is 344 g/mol. The lowest BCUT2D eigenvalue weighted by atomic mass is 9.71. The van der Waals surface area contributed by atoms with Crippen LogP contribution in [-0.2, 0) is 14.3 Å². The van der Waals surface area contributed by atoms with Gasteiger partial charge in [-0.1, -0.05) is 36.8 Å². The van der Waals surface area contributed by atoms with Crippen molar-refractivity contribution < 1.29 is 14.3 Å². The van der Waals surface area contributed by atoms with Gasteiger partial charge in [-0.2, -0.15) is 0 Å². The fourth-order valence-corrected chi connectivity index (χ4v) is 4.31. The van der Waals surface area contributed by atoms with Gasteiger partial charge in [0.2, 0.25) is 0 Å². The van der Waals surface area contributed by atoms with Gasteiger partial charge < -0.3 is 4.74 Å². The van der Waals surface area contributed by atoms with Gasteiger partial charge in [-0.25, -0.2) is 0 Å². The highest BCUT2D eigenvalue weighted by Crippen LogP contribution is 2.51. The van der Waals surface area contributed by atoms with Crippen LogP contribution in [-0.4, -0.2) is 17.9 Å². The zero-order valence-corrected chi connectivity index (χ0v) is 16.4. The topological polar surface area (TPSA) is 43.4 Å². The third-order valence-corrected chi connectivity index (χ3v) is 6.16. The largest absolute Gasteiger partial charge is 0.458 e. The molecule has 0 N–H and O–H groups in total. The van der Waals surface area contributed by atoms with Crippen molar-refractivity contribution in [1.29, 1.82) is 0 Å². The molecule has 0 aromatic carbocycles. The van der Waals surface area contributed by atoms with Crippen LogP contribution in [0.3, 0.4) is 0 Å². The van der Waals surface area contributed by atoms with Gasteiger partial charge in [0, 0.05) is 18.8 Å². The Morgan fingerprint density at radius 1 is 1.28 bits per heavy atom. The molecule has 0 spiro atoms. The Balaban J connectivity index is 2.40. The molecular weight excluding hydrogens is 312 g/mol. The van der Waals surface area contributed by atoms with E-state index in [2.05, 4.69) is 32.6 Å². The van der Waals surface area contributed by atoms with E-state index in [4.69, 9.17) is 4.74 Å². The highest BCUT2D eigenvalue weighted by atomic mass is 16.5. The van der Waals surface area contributed by atoms with E-state index in [1.165, 1.54) is 12.5 Å². The van der Waals surface area contributed by atoms with Gasteiger partial charge in [0.1, 0.15) is 11.9 Å². The second-order valence-corrected chi connectivity index (χ2v) is 8.18. The molecule has 0 bridgehead atoms. The molecule has 4 unspecified atom stereocenters. The summed E-state index contributed by atoms with van der Waals surface area (Å²) in [4.78, 5) is 24.3. The van der Waals surface area contributed by atoms with E-state index < -0.39 is 0 Å². The monoisotopic (exact) mass is 344 g/mol. The van der Waals surface area contributed by atoms with Crippen molar-refractivity contribution in [1.82, 2.24) is 0 Å². The number of hydrogen-bond acceptors (Lipinski definition) is 3. The lowest BCUT2D eigenvalue weighted by molar-refractivity contribution is -0.144. The molecule has 0 amide bonds. The van der Waals surface area contributed by atoms with Crippen LogP contribution in [0.15, 0.2) is 35.5 Å². The standard InChI is InChI=1S/C22H32O3/c1-14(2)18-13-21(24)22(6)12-11-16(4)20(25-17(5)23)10-8-15(3)7-9-19(18)22/h7,11,18-20H,1,8-10,12-13H2,2-6H3. The van der Waals surface area contributed by atoms with Crippen LogP contribution in [0.1, 0.15) is 66.7 Å². The van der Waals surface area contributed by atoms with E-state index >= 15 is 0 Å². The van der Waals surface area contributed by atoms with Gasteiger partial charge in [-0.3, -0.25) is 9.59 Å². The minimum atomic E-state index is -0.368. The zero-order chi connectivity index (χ0) is 18.8. The van der Waals surface area contributed by atoms with E-state index in [-0.39, 0.29) is 23.4 Å². The van der Waals surface area contributed by atoms with E-state index in [9.17, 15) is 9.59 Å². The normalized spacial score (nSPS) is 33.6. The molecule has 3 nitrogen and oxygen atoms in total. The summed E-state index contributed by atoms with van der Waals surface area (Å²) in [5.41, 5.74) is 3.10. The van der Waals surface area contributed by atoms with Crippen LogP contribution in [0.4, 0.5) is 0 Å². The van der Waals surface area contributed by atoms with Crippen LogP contribution in [0, 0.1) is 17.3 Å². The van der Waals surface area contributed by atoms with Crippen LogP contribution in [0.2, 0.25) is 0 Å². The summed E-state index contributed by atoms with van der Waals surface area (Å²) in [6, 6.07) is 0. The maximum Gasteiger partial charge on any atom is 0.303 e. The van der Waals surface area contributed by atoms with Crippen molar-refractivity contribution in [2.24, 2.45) is 17.3 Å². The molecule has 0 aromatic heterocycles. The second-order valence-electron chi connectivity index (χ2n) is 8.18. The number of carbonyl (C=O) groups is 2. The molecule has 1 saturated carbocycles. The van der Waals surface area contributed by atoms with Crippen molar-refractivity contribution in [3.8, 4) is 0 Å². The number of fused-ring (bicyclic) bond motifs is 1. The first kappa shape index (κ1) is 19.7. The first-order valence-corrected chi connectivity index (χ1v) is 9.33. The second kappa shape index (κ2) is 7.72. The molecule has 0 saturated heterocycles. The molecule has 0 aliphatic heterocycles. The number of ether oxygens (including phenoxy) is 1. The lowest BCUT2D eigenvalue weighted by Gasteiger charge is -2.32. The molecule has 0 heterocycles. The maximum absolute atomic E-state index is 12.9. The van der Waals surface area contributed by atoms with Crippen LogP contribution in [0.25, 0.3) is 0 Å². The molecule has 2 aliphatic rings. The van der Waals surface area contributed by atoms with Gasteiger partial charge in [0.25, 0.3) is 0 Å². The maximum atomic E-state index is 12.9. The first-order valence-electron chi connectivity index (χ1n) is 9.33. The number of ketones is 1. The molecule has 1 fully saturated rings. The number of rotatable bonds is 2. The summed E-state index contributed by atoms with van der Waals surface area (Å²) in [5.74, 6) is 0.642. The van der Waals surface area contributed by atoms with E-state index in [0.717, 1.165) is 30.4 Å². The molecule has 138 valence electrons. The fourth-order valence-electron chi connectivity index (χ4n) is 4.31. The summed E-state index contributed by atoms with van der Waals surface area (Å²) in [5, 5.41) is 0. The van der Waals surface area contributed by atoms with Crippen molar-refractivity contribution in [3.63, 3.8) is 0 Å². The SMILES string of the molecule is C=C(C)C1CC(=O)C2(C)CC=C(C)C(OC(C)=O)CCC(C)=CCC12. The molecule has 0 radical (unpaired) electrons. The average Bonchev–Trinajstić information content (AvgIpc) is 2.77. The quantitative estimate of drug-likeness (QED) is 0.512. The van der Waals surface area contributed by atoms with E-state index in [1.54, 1.807) is 0 Å². The third kappa shape index (κ3) is 4.31. The number of allylic oxidation sites excluding steroid dienone is 4. The minimum absolute atomic E-state index is 0.200. The predicted octanol–water partition coefficient (Wildman–Crippen LogP) is 5.17. The zero-order valence-electron chi connectivity index (χ0n) is 16.4. The smallest absolute Gasteiger partial charge is 0.303 e. The van der Waals surface area contributed by atoms with Crippen LogP contribution < -0.4 is 0 Å². The summed E-state index contributed by atoms with van der Waals surface area (Å²) in [6.07, 6.45) is 8.12. The van der Waals surface area contributed by atoms with E-state index in [0.29, 0.717) is 24.5 Å². The Morgan fingerprint density at radius 2 is 1.96 bits per heavy atom.